The second-order valence-corrected chi connectivity index (χ2v) is 10.6. The van der Waals surface area contributed by atoms with Crippen LogP contribution < -0.4 is 10.1 Å². The fraction of sp³-hybridized carbons (Fsp3) is 0.273. The van der Waals surface area contributed by atoms with E-state index in [1.54, 1.807) is 60.8 Å². The van der Waals surface area contributed by atoms with Crippen LogP contribution in [0.15, 0.2) is 58.8 Å². The van der Waals surface area contributed by atoms with Crippen LogP contribution in [0.2, 0.25) is 5.02 Å². The smallest absolute Gasteiger partial charge is 0.266 e. The Kier molecular flexibility index (Phi) is 6.80. The molecule has 4 rings (SSSR count). The van der Waals surface area contributed by atoms with Gasteiger partial charge in [-0.15, -0.1) is 11.3 Å². The molecule has 1 aliphatic rings. The molecule has 1 aromatic heterocycles. The number of carbonyl (C=O) groups excluding carboxylic acids is 1. The van der Waals surface area contributed by atoms with Gasteiger partial charge in [0.25, 0.3) is 5.91 Å². The van der Waals surface area contributed by atoms with Gasteiger partial charge < -0.3 is 4.74 Å². The summed E-state index contributed by atoms with van der Waals surface area (Å²) in [6, 6.07) is 13.6. The van der Waals surface area contributed by atoms with E-state index in [9.17, 15) is 13.2 Å². The molecule has 2 aromatic carbocycles. The minimum absolute atomic E-state index is 0.275. The van der Waals surface area contributed by atoms with Gasteiger partial charge in [0, 0.05) is 24.0 Å². The minimum Gasteiger partial charge on any atom is -0.479 e. The molecule has 2 heterocycles. The van der Waals surface area contributed by atoms with Crippen molar-refractivity contribution in [2.24, 2.45) is 0 Å². The molecule has 1 atom stereocenters. The molecule has 1 saturated heterocycles. The summed E-state index contributed by atoms with van der Waals surface area (Å²) in [7, 11) is -3.45. The molecule has 1 amide bonds. The first-order chi connectivity index (χ1) is 15.3. The maximum Gasteiger partial charge on any atom is 0.266 e. The van der Waals surface area contributed by atoms with Gasteiger partial charge in [-0.2, -0.15) is 4.31 Å². The molecule has 32 heavy (non-hydrogen) atoms. The molecule has 0 radical (unpaired) electrons. The first kappa shape index (κ1) is 22.7. The van der Waals surface area contributed by atoms with Gasteiger partial charge in [-0.25, -0.2) is 13.4 Å². The molecule has 1 N–H and O–H groups in total. The van der Waals surface area contributed by atoms with E-state index in [2.05, 4.69) is 10.3 Å². The highest BCUT2D eigenvalue weighted by Gasteiger charge is 2.27. The second kappa shape index (κ2) is 9.58. The second-order valence-electron chi connectivity index (χ2n) is 7.35. The van der Waals surface area contributed by atoms with Crippen LogP contribution in [0.25, 0.3) is 11.3 Å². The number of thiazole rings is 1. The first-order valence-electron chi connectivity index (χ1n) is 10.1. The predicted octanol–water partition coefficient (Wildman–Crippen LogP) is 4.65. The van der Waals surface area contributed by atoms with Crippen LogP contribution in [0.5, 0.6) is 5.75 Å². The number of aromatic nitrogens is 1. The lowest BCUT2D eigenvalue weighted by Crippen LogP contribution is -2.30. The van der Waals surface area contributed by atoms with Gasteiger partial charge in [0.15, 0.2) is 11.2 Å². The molecule has 0 aliphatic carbocycles. The zero-order valence-corrected chi connectivity index (χ0v) is 19.7. The number of halogens is 1. The molecule has 168 valence electrons. The van der Waals surface area contributed by atoms with Crippen LogP contribution in [0, 0.1) is 0 Å². The van der Waals surface area contributed by atoms with E-state index < -0.39 is 16.1 Å². The Balaban J connectivity index is 1.41. The van der Waals surface area contributed by atoms with Crippen LogP contribution in [0.4, 0.5) is 5.13 Å². The maximum atomic E-state index is 12.7. The van der Waals surface area contributed by atoms with Gasteiger partial charge in [0.1, 0.15) is 5.75 Å². The lowest BCUT2D eigenvalue weighted by atomic mass is 10.2. The summed E-state index contributed by atoms with van der Waals surface area (Å²) in [6.45, 7) is 2.77. The van der Waals surface area contributed by atoms with Gasteiger partial charge in [0.2, 0.25) is 10.0 Å². The standard InChI is InChI=1S/C22H22ClN3O4S2/c1-15(30-20-7-3-2-6-18(20)23)21(27)25-22-24-19(14-31-22)16-8-10-17(11-9-16)32(28,29)26-12-4-5-13-26/h2-3,6-11,14-15H,4-5,12-13H2,1H3,(H,24,25,27). The van der Waals surface area contributed by atoms with E-state index in [0.29, 0.717) is 34.7 Å². The van der Waals surface area contributed by atoms with Gasteiger partial charge in [-0.05, 0) is 44.0 Å². The number of hydrogen-bond acceptors (Lipinski definition) is 6. The average Bonchev–Trinajstić information content (AvgIpc) is 3.48. The lowest BCUT2D eigenvalue weighted by molar-refractivity contribution is -0.122. The van der Waals surface area contributed by atoms with Gasteiger partial charge >= 0.3 is 0 Å². The summed E-state index contributed by atoms with van der Waals surface area (Å²) >= 11 is 7.35. The van der Waals surface area contributed by atoms with Crippen molar-refractivity contribution in [1.82, 2.24) is 9.29 Å². The van der Waals surface area contributed by atoms with E-state index in [1.807, 2.05) is 0 Å². The van der Waals surface area contributed by atoms with E-state index in [-0.39, 0.29) is 10.8 Å². The van der Waals surface area contributed by atoms with E-state index >= 15 is 0 Å². The third-order valence-electron chi connectivity index (χ3n) is 5.10. The van der Waals surface area contributed by atoms with Crippen molar-refractivity contribution in [3.63, 3.8) is 0 Å². The predicted molar refractivity (Wildman–Crippen MR) is 126 cm³/mol. The third kappa shape index (κ3) is 4.96. The normalized spacial score (nSPS) is 15.4. The fourth-order valence-electron chi connectivity index (χ4n) is 3.33. The summed E-state index contributed by atoms with van der Waals surface area (Å²) in [5, 5.41) is 5.40. The molecule has 1 unspecified atom stereocenters. The summed E-state index contributed by atoms with van der Waals surface area (Å²) in [6.07, 6.45) is 1.02. The summed E-state index contributed by atoms with van der Waals surface area (Å²) < 4.78 is 32.5. The number of nitrogens with zero attached hydrogens (tertiary/aromatic N) is 2. The van der Waals surface area contributed by atoms with Crippen molar-refractivity contribution in [3.05, 3.63) is 58.9 Å². The molecule has 0 spiro atoms. The zero-order chi connectivity index (χ0) is 22.7. The number of sulfonamides is 1. The lowest BCUT2D eigenvalue weighted by Gasteiger charge is -2.15. The van der Waals surface area contributed by atoms with E-state index in [4.69, 9.17) is 16.3 Å². The van der Waals surface area contributed by atoms with Crippen molar-refractivity contribution < 1.29 is 17.9 Å². The van der Waals surface area contributed by atoms with Crippen LogP contribution >= 0.6 is 22.9 Å². The summed E-state index contributed by atoms with van der Waals surface area (Å²) in [5.74, 6) is 0.0819. The van der Waals surface area contributed by atoms with Crippen LogP contribution in [0.3, 0.4) is 0 Å². The molecule has 1 fully saturated rings. The maximum absolute atomic E-state index is 12.7. The molecule has 7 nitrogen and oxygen atoms in total. The Morgan fingerprint density at radius 3 is 2.53 bits per heavy atom. The van der Waals surface area contributed by atoms with Crippen molar-refractivity contribution in [1.29, 1.82) is 0 Å². The molecule has 1 aliphatic heterocycles. The van der Waals surface area contributed by atoms with Crippen LogP contribution in [0.1, 0.15) is 19.8 Å². The monoisotopic (exact) mass is 491 g/mol. The highest BCUT2D eigenvalue weighted by Crippen LogP contribution is 2.28. The topological polar surface area (TPSA) is 88.6 Å². The number of ether oxygens (including phenoxy) is 1. The number of hydrogen-bond donors (Lipinski definition) is 1. The number of amides is 1. The Morgan fingerprint density at radius 1 is 1.16 bits per heavy atom. The minimum atomic E-state index is -3.45. The number of rotatable bonds is 7. The van der Waals surface area contributed by atoms with E-state index in [1.165, 1.54) is 15.6 Å². The highest BCUT2D eigenvalue weighted by molar-refractivity contribution is 7.89. The largest absolute Gasteiger partial charge is 0.479 e. The molecule has 3 aromatic rings. The van der Waals surface area contributed by atoms with Crippen molar-refractivity contribution in [3.8, 4) is 17.0 Å². The summed E-state index contributed by atoms with van der Waals surface area (Å²) in [5.41, 5.74) is 1.41. The Morgan fingerprint density at radius 2 is 1.84 bits per heavy atom. The SMILES string of the molecule is CC(Oc1ccccc1Cl)C(=O)Nc1nc(-c2ccc(S(=O)(=O)N3CCCC3)cc2)cs1. The van der Waals surface area contributed by atoms with Gasteiger partial charge in [0.05, 0.1) is 15.6 Å². The van der Waals surface area contributed by atoms with Gasteiger partial charge in [-0.3, -0.25) is 10.1 Å². The summed E-state index contributed by atoms with van der Waals surface area (Å²) in [4.78, 5) is 17.2. The number of para-hydroxylation sites is 1. The van der Waals surface area contributed by atoms with Gasteiger partial charge in [-0.1, -0.05) is 35.9 Å². The Hall–Kier alpha value is -2.46. The zero-order valence-electron chi connectivity index (χ0n) is 17.3. The highest BCUT2D eigenvalue weighted by atomic mass is 35.5. The Labute approximate surface area is 196 Å². The average molecular weight is 492 g/mol. The van der Waals surface area contributed by atoms with E-state index in [0.717, 1.165) is 18.4 Å². The third-order valence-corrected chi connectivity index (χ3v) is 8.08. The molecular formula is C22H22ClN3O4S2. The molecule has 0 bridgehead atoms. The number of anilines is 1. The molecule has 0 saturated carbocycles. The van der Waals surface area contributed by atoms with Crippen molar-refractivity contribution in [2.45, 2.75) is 30.8 Å². The van der Waals surface area contributed by atoms with Crippen molar-refractivity contribution in [2.75, 3.05) is 18.4 Å². The molecular weight excluding hydrogens is 470 g/mol. The van der Waals surface area contributed by atoms with Crippen molar-refractivity contribution >= 4 is 44.0 Å². The first-order valence-corrected chi connectivity index (χ1v) is 12.8. The van der Waals surface area contributed by atoms with Crippen LogP contribution in [-0.4, -0.2) is 42.8 Å². The fourth-order valence-corrected chi connectivity index (χ4v) is 5.75. The van der Waals surface area contributed by atoms with Crippen LogP contribution in [-0.2, 0) is 14.8 Å². The number of benzene rings is 2. The number of carbonyl (C=O) groups is 1. The molecule has 10 heteroatoms. The number of nitrogens with one attached hydrogen (secondary N) is 1. The quantitative estimate of drug-likeness (QED) is 0.519. The Bertz CT molecular complexity index is 1210.